The average molecular weight is 350 g/mol. The Bertz CT molecular complexity index is 867. The number of hydrogen-bond donors (Lipinski definition) is 0. The van der Waals surface area contributed by atoms with Gasteiger partial charge in [-0.25, -0.2) is 9.67 Å². The Kier molecular flexibility index (Phi) is 4.10. The van der Waals surface area contributed by atoms with Crippen LogP contribution in [0.15, 0.2) is 27.6 Å². The van der Waals surface area contributed by atoms with Gasteiger partial charge in [0.15, 0.2) is 4.96 Å². The number of tetrazole rings is 1. The molecule has 1 aliphatic heterocycles. The summed E-state index contributed by atoms with van der Waals surface area (Å²) in [6.07, 6.45) is 4.04. The number of nitrogens with zero attached hydrogens (tertiary/aromatic N) is 6. The third kappa shape index (κ3) is 3.14. The molecule has 0 spiro atoms. The van der Waals surface area contributed by atoms with E-state index < -0.39 is 0 Å². The van der Waals surface area contributed by atoms with Gasteiger partial charge < -0.3 is 4.74 Å². The lowest BCUT2D eigenvalue weighted by molar-refractivity contribution is 0.0912. The molecule has 0 aliphatic carbocycles. The van der Waals surface area contributed by atoms with Crippen molar-refractivity contribution in [2.45, 2.75) is 36.4 Å². The van der Waals surface area contributed by atoms with Gasteiger partial charge in [-0.05, 0) is 23.3 Å². The largest absolute Gasteiger partial charge is 0.376 e. The highest BCUT2D eigenvalue weighted by Crippen LogP contribution is 2.21. The molecule has 1 aliphatic rings. The average Bonchev–Trinajstić information content (AvgIpc) is 3.27. The normalized spacial score (nSPS) is 18.0. The molecule has 3 aromatic rings. The molecule has 1 atom stereocenters. The molecule has 23 heavy (non-hydrogen) atoms. The summed E-state index contributed by atoms with van der Waals surface area (Å²) in [5, 5.41) is 14.4. The van der Waals surface area contributed by atoms with Gasteiger partial charge in [0, 0.05) is 30.0 Å². The zero-order chi connectivity index (χ0) is 15.6. The predicted octanol–water partition coefficient (Wildman–Crippen LogP) is 1.21. The van der Waals surface area contributed by atoms with E-state index in [9.17, 15) is 4.79 Å². The Balaban J connectivity index is 1.47. The van der Waals surface area contributed by atoms with E-state index >= 15 is 0 Å². The van der Waals surface area contributed by atoms with E-state index in [1.807, 2.05) is 5.38 Å². The fourth-order valence-corrected chi connectivity index (χ4v) is 4.01. The first-order valence-corrected chi connectivity index (χ1v) is 9.12. The molecule has 10 heteroatoms. The molecule has 120 valence electrons. The maximum Gasteiger partial charge on any atom is 0.258 e. The van der Waals surface area contributed by atoms with Crippen LogP contribution in [-0.2, 0) is 17.0 Å². The van der Waals surface area contributed by atoms with Crippen molar-refractivity contribution in [3.8, 4) is 0 Å². The van der Waals surface area contributed by atoms with E-state index in [2.05, 4.69) is 20.5 Å². The molecule has 0 radical (unpaired) electrons. The fraction of sp³-hybridized carbons (Fsp3) is 0.462. The zero-order valence-electron chi connectivity index (χ0n) is 12.2. The summed E-state index contributed by atoms with van der Waals surface area (Å²) >= 11 is 2.92. The van der Waals surface area contributed by atoms with E-state index in [-0.39, 0.29) is 11.7 Å². The van der Waals surface area contributed by atoms with E-state index in [1.54, 1.807) is 21.3 Å². The van der Waals surface area contributed by atoms with Crippen LogP contribution >= 0.6 is 23.1 Å². The van der Waals surface area contributed by atoms with Crippen LogP contribution in [0.3, 0.4) is 0 Å². The van der Waals surface area contributed by atoms with Crippen molar-refractivity contribution in [2.75, 3.05) is 6.61 Å². The topological polar surface area (TPSA) is 87.2 Å². The summed E-state index contributed by atoms with van der Waals surface area (Å²) in [6, 6.07) is 1.56. The molecule has 1 fully saturated rings. The minimum Gasteiger partial charge on any atom is -0.376 e. The first-order valence-electron chi connectivity index (χ1n) is 7.26. The molecule has 0 unspecified atom stereocenters. The molecule has 0 N–H and O–H groups in total. The van der Waals surface area contributed by atoms with Crippen LogP contribution in [0.4, 0.5) is 0 Å². The molecule has 3 aromatic heterocycles. The second kappa shape index (κ2) is 6.38. The molecule has 0 saturated carbocycles. The smallest absolute Gasteiger partial charge is 0.258 e. The Hall–Kier alpha value is -1.78. The van der Waals surface area contributed by atoms with Crippen molar-refractivity contribution in [3.05, 3.63) is 33.7 Å². The van der Waals surface area contributed by atoms with Crippen LogP contribution in [0, 0.1) is 0 Å². The van der Waals surface area contributed by atoms with Crippen molar-refractivity contribution in [1.29, 1.82) is 0 Å². The lowest BCUT2D eigenvalue weighted by atomic mass is 10.2. The summed E-state index contributed by atoms with van der Waals surface area (Å²) in [7, 11) is 0. The molecule has 0 bridgehead atoms. The number of thiazole rings is 1. The molecule has 4 rings (SSSR count). The minimum atomic E-state index is -0.0641. The monoisotopic (exact) mass is 350 g/mol. The van der Waals surface area contributed by atoms with Crippen LogP contribution in [0.5, 0.6) is 0 Å². The minimum absolute atomic E-state index is 0.0641. The highest BCUT2D eigenvalue weighted by molar-refractivity contribution is 7.98. The van der Waals surface area contributed by atoms with Gasteiger partial charge in [-0.15, -0.1) is 16.4 Å². The molecule has 1 saturated heterocycles. The highest BCUT2D eigenvalue weighted by Gasteiger charge is 2.19. The molecular formula is C13H14N6O2S2. The lowest BCUT2D eigenvalue weighted by Crippen LogP contribution is -2.17. The molecule has 8 nitrogen and oxygen atoms in total. The van der Waals surface area contributed by atoms with E-state index in [0.29, 0.717) is 22.4 Å². The third-order valence-corrected chi connectivity index (χ3v) is 5.35. The van der Waals surface area contributed by atoms with Crippen LogP contribution < -0.4 is 5.56 Å². The van der Waals surface area contributed by atoms with Gasteiger partial charge in [0.2, 0.25) is 5.16 Å². The predicted molar refractivity (Wildman–Crippen MR) is 85.7 cm³/mol. The van der Waals surface area contributed by atoms with Crippen molar-refractivity contribution >= 4 is 28.1 Å². The van der Waals surface area contributed by atoms with Gasteiger partial charge in [-0.1, -0.05) is 11.8 Å². The maximum absolute atomic E-state index is 12.0. The van der Waals surface area contributed by atoms with Crippen LogP contribution in [0.25, 0.3) is 4.96 Å². The van der Waals surface area contributed by atoms with Gasteiger partial charge in [-0.2, -0.15) is 0 Å². The summed E-state index contributed by atoms with van der Waals surface area (Å²) in [6.45, 7) is 1.47. The number of thioether (sulfide) groups is 1. The SMILES string of the molecule is O=c1cc(CSc2nnnn2C[C@@H]2CCCO2)nc2sccn12. The number of aromatic nitrogens is 6. The van der Waals surface area contributed by atoms with Gasteiger partial charge in [-0.3, -0.25) is 9.20 Å². The Morgan fingerprint density at radius 1 is 1.48 bits per heavy atom. The summed E-state index contributed by atoms with van der Waals surface area (Å²) < 4.78 is 8.92. The first-order chi connectivity index (χ1) is 11.3. The summed E-state index contributed by atoms with van der Waals surface area (Å²) in [4.78, 5) is 17.2. The van der Waals surface area contributed by atoms with Crippen molar-refractivity contribution < 1.29 is 4.74 Å². The molecule has 4 heterocycles. The quantitative estimate of drug-likeness (QED) is 0.639. The first kappa shape index (κ1) is 14.8. The van der Waals surface area contributed by atoms with E-state index in [4.69, 9.17) is 4.74 Å². The van der Waals surface area contributed by atoms with Crippen LogP contribution in [0.2, 0.25) is 0 Å². The second-order valence-electron chi connectivity index (χ2n) is 5.21. The van der Waals surface area contributed by atoms with E-state index in [0.717, 1.165) is 25.1 Å². The lowest BCUT2D eigenvalue weighted by Gasteiger charge is -2.09. The Labute approximate surface area is 139 Å². The van der Waals surface area contributed by atoms with Gasteiger partial charge in [0.25, 0.3) is 5.56 Å². The molecule has 0 amide bonds. The molecular weight excluding hydrogens is 336 g/mol. The summed E-state index contributed by atoms with van der Waals surface area (Å²) in [5.41, 5.74) is 0.667. The number of ether oxygens (including phenoxy) is 1. The fourth-order valence-electron chi connectivity index (χ4n) is 2.50. The van der Waals surface area contributed by atoms with Crippen molar-refractivity contribution in [2.24, 2.45) is 0 Å². The number of hydrogen-bond acceptors (Lipinski definition) is 8. The summed E-state index contributed by atoms with van der Waals surface area (Å²) in [5.74, 6) is 0.551. The van der Waals surface area contributed by atoms with Gasteiger partial charge in [0.05, 0.1) is 18.3 Å². The van der Waals surface area contributed by atoms with Crippen molar-refractivity contribution in [3.63, 3.8) is 0 Å². The second-order valence-corrected chi connectivity index (χ2v) is 7.02. The Morgan fingerprint density at radius 2 is 2.43 bits per heavy atom. The maximum atomic E-state index is 12.0. The highest BCUT2D eigenvalue weighted by atomic mass is 32.2. The van der Waals surface area contributed by atoms with Crippen LogP contribution in [-0.4, -0.2) is 42.3 Å². The van der Waals surface area contributed by atoms with Crippen LogP contribution in [0.1, 0.15) is 18.5 Å². The molecule has 0 aromatic carbocycles. The van der Waals surface area contributed by atoms with E-state index in [1.165, 1.54) is 23.1 Å². The van der Waals surface area contributed by atoms with Gasteiger partial charge in [0.1, 0.15) is 0 Å². The zero-order valence-corrected chi connectivity index (χ0v) is 13.8. The van der Waals surface area contributed by atoms with Crippen molar-refractivity contribution in [1.82, 2.24) is 29.6 Å². The standard InChI is InChI=1S/C13H14N6O2S2/c20-11-6-9(14-12-18(11)3-5-22-12)8-23-13-15-16-17-19(13)7-10-2-1-4-21-10/h3,5-6,10H,1-2,4,7-8H2/t10-/m0/s1. The number of rotatable bonds is 5. The Morgan fingerprint density at radius 3 is 3.30 bits per heavy atom. The third-order valence-electron chi connectivity index (χ3n) is 3.60. The van der Waals surface area contributed by atoms with Gasteiger partial charge >= 0.3 is 0 Å². The number of fused-ring (bicyclic) bond motifs is 1.